The first-order chi connectivity index (χ1) is 7.10. The number of aldehydes is 1. The zero-order chi connectivity index (χ0) is 11.4. The number of hydrogen-bond acceptors (Lipinski definition) is 2. The van der Waals surface area contributed by atoms with Crippen LogP contribution in [0.15, 0.2) is 6.07 Å². The summed E-state index contributed by atoms with van der Waals surface area (Å²) in [5, 5.41) is 2.73. The summed E-state index contributed by atoms with van der Waals surface area (Å²) in [6.07, 6.45) is 0.816. The fourth-order valence-corrected chi connectivity index (χ4v) is 1.59. The van der Waals surface area contributed by atoms with Gasteiger partial charge in [-0.05, 0) is 26.8 Å². The molecule has 1 heterocycles. The number of likely N-dealkylation sites (N-methyl/N-ethyl adjacent to an activating group) is 1. The molecule has 15 heavy (non-hydrogen) atoms. The molecule has 1 amide bonds. The standard InChI is InChI=1S/C11H16N2O2/c1-4-12-11(15)6-13-8(2)5-10(7-14)9(13)3/h5,7H,4,6H2,1-3H3,(H,12,15). The molecule has 0 aliphatic carbocycles. The van der Waals surface area contributed by atoms with E-state index >= 15 is 0 Å². The van der Waals surface area contributed by atoms with Crippen molar-refractivity contribution in [2.45, 2.75) is 27.3 Å². The smallest absolute Gasteiger partial charge is 0.239 e. The van der Waals surface area contributed by atoms with Crippen molar-refractivity contribution in [3.05, 3.63) is 23.0 Å². The molecule has 0 unspecified atom stereocenters. The van der Waals surface area contributed by atoms with Gasteiger partial charge in [0.1, 0.15) is 6.54 Å². The predicted octanol–water partition coefficient (Wildman–Crippen LogP) is 1.05. The highest BCUT2D eigenvalue weighted by atomic mass is 16.2. The van der Waals surface area contributed by atoms with Gasteiger partial charge < -0.3 is 9.88 Å². The monoisotopic (exact) mass is 208 g/mol. The van der Waals surface area contributed by atoms with Crippen LogP contribution in [0.2, 0.25) is 0 Å². The van der Waals surface area contributed by atoms with E-state index in [1.807, 2.05) is 25.3 Å². The molecule has 4 heteroatoms. The fraction of sp³-hybridized carbons (Fsp3) is 0.455. The van der Waals surface area contributed by atoms with E-state index in [4.69, 9.17) is 0 Å². The second-order valence-corrected chi connectivity index (χ2v) is 3.48. The van der Waals surface area contributed by atoms with Gasteiger partial charge in [-0.2, -0.15) is 0 Å². The largest absolute Gasteiger partial charge is 0.355 e. The van der Waals surface area contributed by atoms with Crippen molar-refractivity contribution in [1.82, 2.24) is 9.88 Å². The zero-order valence-electron chi connectivity index (χ0n) is 9.33. The Kier molecular flexibility index (Phi) is 3.66. The van der Waals surface area contributed by atoms with Crippen LogP contribution >= 0.6 is 0 Å². The minimum atomic E-state index is -0.0308. The van der Waals surface area contributed by atoms with Gasteiger partial charge >= 0.3 is 0 Å². The van der Waals surface area contributed by atoms with Crippen LogP contribution in [0.1, 0.15) is 28.7 Å². The number of rotatable bonds is 4. The minimum Gasteiger partial charge on any atom is -0.355 e. The highest BCUT2D eigenvalue weighted by Crippen LogP contribution is 2.12. The molecule has 0 spiro atoms. The van der Waals surface area contributed by atoms with Gasteiger partial charge in [0.05, 0.1) is 0 Å². The molecule has 1 aromatic rings. The Hall–Kier alpha value is -1.58. The maximum absolute atomic E-state index is 11.4. The summed E-state index contributed by atoms with van der Waals surface area (Å²) in [4.78, 5) is 22.1. The summed E-state index contributed by atoms with van der Waals surface area (Å²) in [7, 11) is 0. The third-order valence-electron chi connectivity index (χ3n) is 2.42. The van der Waals surface area contributed by atoms with Crippen LogP contribution in [0.25, 0.3) is 0 Å². The average Bonchev–Trinajstić information content (AvgIpc) is 2.45. The van der Waals surface area contributed by atoms with Gasteiger partial charge in [-0.15, -0.1) is 0 Å². The van der Waals surface area contributed by atoms with E-state index in [1.165, 1.54) is 0 Å². The van der Waals surface area contributed by atoms with Crippen molar-refractivity contribution in [3.8, 4) is 0 Å². The maximum Gasteiger partial charge on any atom is 0.239 e. The van der Waals surface area contributed by atoms with Crippen molar-refractivity contribution in [2.24, 2.45) is 0 Å². The molecule has 0 radical (unpaired) electrons. The highest BCUT2D eigenvalue weighted by Gasteiger charge is 2.10. The zero-order valence-corrected chi connectivity index (χ0v) is 9.33. The summed E-state index contributed by atoms with van der Waals surface area (Å²) in [6, 6.07) is 1.79. The third-order valence-corrected chi connectivity index (χ3v) is 2.42. The molecule has 0 aliphatic heterocycles. The number of nitrogens with zero attached hydrogens (tertiary/aromatic N) is 1. The number of aromatic nitrogens is 1. The van der Waals surface area contributed by atoms with Crippen LogP contribution in [0, 0.1) is 13.8 Å². The Balaban J connectivity index is 2.89. The summed E-state index contributed by atoms with van der Waals surface area (Å²) in [5.41, 5.74) is 2.42. The highest BCUT2D eigenvalue weighted by molar-refractivity contribution is 5.79. The van der Waals surface area contributed by atoms with Crippen LogP contribution in [0.5, 0.6) is 0 Å². The Labute approximate surface area is 89.3 Å². The van der Waals surface area contributed by atoms with Crippen molar-refractivity contribution < 1.29 is 9.59 Å². The molecule has 0 aromatic carbocycles. The van der Waals surface area contributed by atoms with E-state index in [0.29, 0.717) is 12.1 Å². The van der Waals surface area contributed by atoms with Gasteiger partial charge in [-0.1, -0.05) is 0 Å². The molecule has 82 valence electrons. The van der Waals surface area contributed by atoms with Crippen molar-refractivity contribution in [3.63, 3.8) is 0 Å². The lowest BCUT2D eigenvalue weighted by Gasteiger charge is -2.08. The molecule has 4 nitrogen and oxygen atoms in total. The molecule has 0 fully saturated rings. The Morgan fingerprint density at radius 1 is 1.53 bits per heavy atom. The number of hydrogen-bond donors (Lipinski definition) is 1. The lowest BCUT2D eigenvalue weighted by Crippen LogP contribution is -2.27. The minimum absolute atomic E-state index is 0.0308. The van der Waals surface area contributed by atoms with Crippen LogP contribution in [-0.2, 0) is 11.3 Å². The molecule has 1 aromatic heterocycles. The van der Waals surface area contributed by atoms with Gasteiger partial charge in [0.2, 0.25) is 5.91 Å². The second kappa shape index (κ2) is 4.77. The van der Waals surface area contributed by atoms with E-state index in [0.717, 1.165) is 17.7 Å². The van der Waals surface area contributed by atoms with Crippen molar-refractivity contribution in [1.29, 1.82) is 0 Å². The molecule has 0 saturated heterocycles. The van der Waals surface area contributed by atoms with Gasteiger partial charge in [0.15, 0.2) is 6.29 Å². The second-order valence-electron chi connectivity index (χ2n) is 3.48. The third kappa shape index (κ3) is 2.46. The molecular formula is C11H16N2O2. The van der Waals surface area contributed by atoms with E-state index in [9.17, 15) is 9.59 Å². The summed E-state index contributed by atoms with van der Waals surface area (Å²) < 4.78 is 1.84. The van der Waals surface area contributed by atoms with Crippen LogP contribution in [-0.4, -0.2) is 23.3 Å². The molecule has 0 aliphatic rings. The molecule has 0 bridgehead atoms. The lowest BCUT2D eigenvalue weighted by atomic mass is 10.3. The quantitative estimate of drug-likeness (QED) is 0.752. The summed E-state index contributed by atoms with van der Waals surface area (Å²) in [5.74, 6) is -0.0308. The van der Waals surface area contributed by atoms with Crippen LogP contribution in [0.4, 0.5) is 0 Å². The predicted molar refractivity (Wildman–Crippen MR) is 58.0 cm³/mol. The molecule has 0 atom stereocenters. The summed E-state index contributed by atoms with van der Waals surface area (Å²) >= 11 is 0. The van der Waals surface area contributed by atoms with E-state index in [2.05, 4.69) is 5.32 Å². The maximum atomic E-state index is 11.4. The molecule has 0 saturated carbocycles. The van der Waals surface area contributed by atoms with Gasteiger partial charge in [0.25, 0.3) is 0 Å². The van der Waals surface area contributed by atoms with Crippen LogP contribution < -0.4 is 5.32 Å². The number of carbonyl (C=O) groups is 2. The Bertz CT molecular complexity index is 380. The lowest BCUT2D eigenvalue weighted by molar-refractivity contribution is -0.121. The molecule has 1 rings (SSSR count). The first-order valence-electron chi connectivity index (χ1n) is 4.98. The SMILES string of the molecule is CCNC(=O)Cn1c(C)cc(C=O)c1C. The van der Waals surface area contributed by atoms with Gasteiger partial charge in [-0.3, -0.25) is 9.59 Å². The van der Waals surface area contributed by atoms with Crippen LogP contribution in [0.3, 0.4) is 0 Å². The number of aryl methyl sites for hydroxylation is 1. The van der Waals surface area contributed by atoms with E-state index < -0.39 is 0 Å². The van der Waals surface area contributed by atoms with Crippen molar-refractivity contribution >= 4 is 12.2 Å². The molecule has 1 N–H and O–H groups in total. The van der Waals surface area contributed by atoms with E-state index in [-0.39, 0.29) is 12.5 Å². The normalized spacial score (nSPS) is 10.1. The average molecular weight is 208 g/mol. The van der Waals surface area contributed by atoms with Crippen molar-refractivity contribution in [2.75, 3.05) is 6.54 Å². The first kappa shape index (κ1) is 11.5. The Morgan fingerprint density at radius 2 is 2.20 bits per heavy atom. The number of amides is 1. The Morgan fingerprint density at radius 3 is 2.67 bits per heavy atom. The van der Waals surface area contributed by atoms with Gasteiger partial charge in [0, 0.05) is 23.5 Å². The van der Waals surface area contributed by atoms with Gasteiger partial charge in [-0.25, -0.2) is 0 Å². The first-order valence-corrected chi connectivity index (χ1v) is 4.98. The summed E-state index contributed by atoms with van der Waals surface area (Å²) in [6.45, 7) is 6.51. The molecular weight excluding hydrogens is 192 g/mol. The number of carbonyl (C=O) groups excluding carboxylic acids is 2. The topological polar surface area (TPSA) is 51.1 Å². The fourth-order valence-electron chi connectivity index (χ4n) is 1.59. The number of nitrogens with one attached hydrogen (secondary N) is 1. The van der Waals surface area contributed by atoms with E-state index in [1.54, 1.807) is 6.07 Å².